The number of anilines is 1. The van der Waals surface area contributed by atoms with Crippen molar-refractivity contribution in [2.24, 2.45) is 0 Å². The highest BCUT2D eigenvalue weighted by Gasteiger charge is 2.35. The van der Waals surface area contributed by atoms with E-state index >= 15 is 0 Å². The summed E-state index contributed by atoms with van der Waals surface area (Å²) in [5, 5.41) is 0. The summed E-state index contributed by atoms with van der Waals surface area (Å²) < 4.78 is 0. The van der Waals surface area contributed by atoms with Gasteiger partial charge in [0.2, 0.25) is 5.91 Å². The molecule has 1 aromatic carbocycles. The Kier molecular flexibility index (Phi) is 4.10. The van der Waals surface area contributed by atoms with Crippen LogP contribution in [0.3, 0.4) is 0 Å². The number of benzene rings is 1. The lowest BCUT2D eigenvalue weighted by atomic mass is 10.1. The number of likely N-dealkylation sites (N-methyl/N-ethyl adjacent to an activating group) is 1. The standard InChI is InChI=1S/C15H23N3O/c1-11(15(19)17(2)3)18(14-7-8-14)10-12-5-4-6-13(16)9-12/h4-6,9,11,14H,7-8,10,16H2,1-3H3. The molecule has 2 N–H and O–H groups in total. The van der Waals surface area contributed by atoms with Crippen LogP contribution in [-0.2, 0) is 11.3 Å². The molecule has 1 atom stereocenters. The lowest BCUT2D eigenvalue weighted by molar-refractivity contribution is -0.134. The van der Waals surface area contributed by atoms with Crippen molar-refractivity contribution in [3.63, 3.8) is 0 Å². The quantitative estimate of drug-likeness (QED) is 0.821. The largest absolute Gasteiger partial charge is 0.399 e. The SMILES string of the molecule is CC(C(=O)N(C)C)N(Cc1cccc(N)c1)C1CC1. The molecular weight excluding hydrogens is 238 g/mol. The Bertz CT molecular complexity index is 454. The molecule has 0 bridgehead atoms. The molecule has 1 aliphatic rings. The van der Waals surface area contributed by atoms with Gasteiger partial charge in [-0.1, -0.05) is 12.1 Å². The van der Waals surface area contributed by atoms with Crippen molar-refractivity contribution in [2.75, 3.05) is 19.8 Å². The van der Waals surface area contributed by atoms with Gasteiger partial charge in [0.15, 0.2) is 0 Å². The molecule has 1 aromatic rings. The molecule has 1 amide bonds. The van der Waals surface area contributed by atoms with E-state index in [9.17, 15) is 4.79 Å². The van der Waals surface area contributed by atoms with Crippen molar-refractivity contribution >= 4 is 11.6 Å². The molecule has 0 aromatic heterocycles. The molecular formula is C15H23N3O. The fourth-order valence-electron chi connectivity index (χ4n) is 2.41. The van der Waals surface area contributed by atoms with Crippen molar-refractivity contribution in [1.29, 1.82) is 0 Å². The maximum atomic E-state index is 12.1. The van der Waals surface area contributed by atoms with Gasteiger partial charge in [-0.05, 0) is 37.5 Å². The molecule has 1 aliphatic carbocycles. The summed E-state index contributed by atoms with van der Waals surface area (Å²) in [6.07, 6.45) is 2.38. The normalized spacial score (nSPS) is 16.4. The topological polar surface area (TPSA) is 49.6 Å². The van der Waals surface area contributed by atoms with E-state index in [1.165, 1.54) is 18.4 Å². The van der Waals surface area contributed by atoms with Gasteiger partial charge in [-0.15, -0.1) is 0 Å². The van der Waals surface area contributed by atoms with E-state index in [1.807, 2.05) is 39.2 Å². The first-order valence-electron chi connectivity index (χ1n) is 6.80. The van der Waals surface area contributed by atoms with Crippen LogP contribution in [-0.4, -0.2) is 41.9 Å². The van der Waals surface area contributed by atoms with E-state index in [2.05, 4.69) is 11.0 Å². The van der Waals surface area contributed by atoms with Crippen LogP contribution in [0.2, 0.25) is 0 Å². The fourth-order valence-corrected chi connectivity index (χ4v) is 2.41. The molecule has 2 rings (SSSR count). The molecule has 0 spiro atoms. The second-order valence-corrected chi connectivity index (χ2v) is 5.56. The molecule has 1 unspecified atom stereocenters. The van der Waals surface area contributed by atoms with Gasteiger partial charge in [0.25, 0.3) is 0 Å². The van der Waals surface area contributed by atoms with E-state index in [4.69, 9.17) is 5.73 Å². The number of hydrogen-bond acceptors (Lipinski definition) is 3. The first kappa shape index (κ1) is 13.9. The Labute approximate surface area is 115 Å². The molecule has 0 aliphatic heterocycles. The molecule has 1 saturated carbocycles. The number of nitrogen functional groups attached to an aromatic ring is 1. The number of carbonyl (C=O) groups is 1. The minimum absolute atomic E-state index is 0.0797. The number of amides is 1. The summed E-state index contributed by atoms with van der Waals surface area (Å²) in [5.74, 6) is 0.163. The van der Waals surface area contributed by atoms with Gasteiger partial charge in [0.1, 0.15) is 0 Å². The molecule has 1 fully saturated rings. The molecule has 0 saturated heterocycles. The molecule has 4 nitrogen and oxygen atoms in total. The lowest BCUT2D eigenvalue weighted by Gasteiger charge is -2.30. The Morgan fingerprint density at radius 1 is 1.42 bits per heavy atom. The van der Waals surface area contributed by atoms with Crippen LogP contribution < -0.4 is 5.73 Å². The minimum Gasteiger partial charge on any atom is -0.399 e. The second kappa shape index (κ2) is 5.61. The van der Waals surface area contributed by atoms with Crippen LogP contribution in [0.4, 0.5) is 5.69 Å². The third kappa shape index (κ3) is 3.47. The van der Waals surface area contributed by atoms with Crippen molar-refractivity contribution < 1.29 is 4.79 Å². The van der Waals surface area contributed by atoms with E-state index in [1.54, 1.807) is 4.90 Å². The number of rotatable bonds is 5. The third-order valence-electron chi connectivity index (χ3n) is 3.63. The number of nitrogens with zero attached hydrogens (tertiary/aromatic N) is 2. The second-order valence-electron chi connectivity index (χ2n) is 5.56. The van der Waals surface area contributed by atoms with Crippen molar-refractivity contribution in [2.45, 2.75) is 38.4 Å². The van der Waals surface area contributed by atoms with Crippen LogP contribution in [0.25, 0.3) is 0 Å². The van der Waals surface area contributed by atoms with E-state index in [0.717, 1.165) is 12.2 Å². The monoisotopic (exact) mass is 261 g/mol. The van der Waals surface area contributed by atoms with Gasteiger partial charge in [-0.25, -0.2) is 0 Å². The number of hydrogen-bond donors (Lipinski definition) is 1. The average Bonchev–Trinajstić information content (AvgIpc) is 3.18. The summed E-state index contributed by atoms with van der Waals surface area (Å²) in [6, 6.07) is 8.37. The van der Waals surface area contributed by atoms with Crippen LogP contribution >= 0.6 is 0 Å². The Hall–Kier alpha value is -1.55. The first-order chi connectivity index (χ1) is 8.99. The highest BCUT2D eigenvalue weighted by molar-refractivity contribution is 5.81. The molecule has 0 radical (unpaired) electrons. The Morgan fingerprint density at radius 3 is 2.63 bits per heavy atom. The molecule has 4 heteroatoms. The third-order valence-corrected chi connectivity index (χ3v) is 3.63. The fraction of sp³-hybridized carbons (Fsp3) is 0.533. The zero-order valence-electron chi connectivity index (χ0n) is 12.0. The summed E-state index contributed by atoms with van der Waals surface area (Å²) >= 11 is 0. The van der Waals surface area contributed by atoms with Crippen molar-refractivity contribution in [3.8, 4) is 0 Å². The molecule has 19 heavy (non-hydrogen) atoms. The van der Waals surface area contributed by atoms with Gasteiger partial charge in [0.05, 0.1) is 6.04 Å². The Balaban J connectivity index is 2.10. The van der Waals surface area contributed by atoms with Gasteiger partial charge in [-0.2, -0.15) is 0 Å². The van der Waals surface area contributed by atoms with Gasteiger partial charge >= 0.3 is 0 Å². The predicted molar refractivity (Wildman–Crippen MR) is 77.6 cm³/mol. The van der Waals surface area contributed by atoms with E-state index in [0.29, 0.717) is 6.04 Å². The van der Waals surface area contributed by atoms with Crippen LogP contribution in [0.5, 0.6) is 0 Å². The van der Waals surface area contributed by atoms with Crippen LogP contribution in [0, 0.1) is 0 Å². The summed E-state index contributed by atoms with van der Waals surface area (Å²) in [6.45, 7) is 2.78. The minimum atomic E-state index is -0.0797. The number of nitrogens with two attached hydrogens (primary N) is 1. The first-order valence-corrected chi connectivity index (χ1v) is 6.80. The number of carbonyl (C=O) groups excluding carboxylic acids is 1. The van der Waals surface area contributed by atoms with Crippen LogP contribution in [0.15, 0.2) is 24.3 Å². The van der Waals surface area contributed by atoms with Gasteiger partial charge in [-0.3, -0.25) is 9.69 Å². The molecule has 104 valence electrons. The van der Waals surface area contributed by atoms with Crippen molar-refractivity contribution in [1.82, 2.24) is 9.80 Å². The van der Waals surface area contributed by atoms with E-state index in [-0.39, 0.29) is 11.9 Å². The lowest BCUT2D eigenvalue weighted by Crippen LogP contribution is -2.45. The maximum absolute atomic E-state index is 12.1. The summed E-state index contributed by atoms with van der Waals surface area (Å²) in [7, 11) is 3.62. The maximum Gasteiger partial charge on any atom is 0.239 e. The van der Waals surface area contributed by atoms with Gasteiger partial charge < -0.3 is 10.6 Å². The van der Waals surface area contributed by atoms with E-state index < -0.39 is 0 Å². The highest BCUT2D eigenvalue weighted by atomic mass is 16.2. The predicted octanol–water partition coefficient (Wildman–Crippen LogP) is 1.71. The average molecular weight is 261 g/mol. The Morgan fingerprint density at radius 2 is 2.11 bits per heavy atom. The summed E-state index contributed by atoms with van der Waals surface area (Å²) in [4.78, 5) is 16.1. The van der Waals surface area contributed by atoms with Gasteiger partial charge in [0, 0.05) is 32.4 Å². The van der Waals surface area contributed by atoms with Crippen molar-refractivity contribution in [3.05, 3.63) is 29.8 Å². The van der Waals surface area contributed by atoms with Crippen LogP contribution in [0.1, 0.15) is 25.3 Å². The highest BCUT2D eigenvalue weighted by Crippen LogP contribution is 2.30. The smallest absolute Gasteiger partial charge is 0.239 e. The summed E-state index contributed by atoms with van der Waals surface area (Å²) in [5.41, 5.74) is 7.77. The zero-order chi connectivity index (χ0) is 14.0. The zero-order valence-corrected chi connectivity index (χ0v) is 12.0. The molecule has 0 heterocycles.